The molecule has 166 valence electrons. The van der Waals surface area contributed by atoms with E-state index >= 15 is 0 Å². The molecule has 0 aliphatic rings. The lowest BCUT2D eigenvalue weighted by Gasteiger charge is -2.07. The van der Waals surface area contributed by atoms with Crippen LogP contribution in [0, 0.1) is 5.21 Å². The molecule has 0 fully saturated rings. The minimum absolute atomic E-state index is 0.202. The number of ether oxygens (including phenoxy) is 1. The number of hydrogen-bond donors (Lipinski definition) is 0. The summed E-state index contributed by atoms with van der Waals surface area (Å²) in [5.41, 5.74) is -0.125. The van der Waals surface area contributed by atoms with E-state index in [2.05, 4.69) is 12.1 Å². The summed E-state index contributed by atoms with van der Waals surface area (Å²) in [6, 6.07) is 13.1. The highest BCUT2D eigenvalue weighted by atomic mass is 16.5. The van der Waals surface area contributed by atoms with Crippen LogP contribution in [-0.4, -0.2) is 22.4 Å². The predicted octanol–water partition coefficient (Wildman–Crippen LogP) is 4.20. The van der Waals surface area contributed by atoms with E-state index in [4.69, 9.17) is 9.15 Å². The van der Waals surface area contributed by atoms with Gasteiger partial charge in [0.15, 0.2) is 5.56 Å². The Kier molecular flexibility index (Phi) is 6.49. The first-order chi connectivity index (χ1) is 15.6. The van der Waals surface area contributed by atoms with Crippen LogP contribution >= 0.6 is 0 Å². The number of hydrogen-bond acceptors (Lipinski definition) is 6. The molecule has 0 spiro atoms. The van der Waals surface area contributed by atoms with Gasteiger partial charge in [0.05, 0.1) is 6.61 Å². The Labute approximate surface area is 184 Å². The van der Waals surface area contributed by atoms with E-state index in [1.165, 1.54) is 31.7 Å². The van der Waals surface area contributed by atoms with Crippen molar-refractivity contribution in [1.82, 2.24) is 9.90 Å². The van der Waals surface area contributed by atoms with Crippen LogP contribution in [-0.2, 0) is 0 Å². The molecule has 0 saturated heterocycles. The highest BCUT2D eigenvalue weighted by Gasteiger charge is 2.26. The quantitative estimate of drug-likeness (QED) is 0.169. The van der Waals surface area contributed by atoms with E-state index in [1.807, 2.05) is 0 Å². The van der Waals surface area contributed by atoms with Crippen molar-refractivity contribution < 1.29 is 18.8 Å². The van der Waals surface area contributed by atoms with Crippen molar-refractivity contribution in [2.24, 2.45) is 0 Å². The molecule has 0 amide bonds. The molecular formula is C24H25N3O5. The Bertz CT molecular complexity index is 1310. The number of para-hydroxylation sites is 2. The number of nitrogens with zero attached hydrogens (tertiary/aromatic N) is 3. The summed E-state index contributed by atoms with van der Waals surface area (Å²) >= 11 is 0. The van der Waals surface area contributed by atoms with Crippen LogP contribution in [0.3, 0.4) is 0 Å². The Morgan fingerprint density at radius 1 is 1.09 bits per heavy atom. The smallest absolute Gasteiger partial charge is 0.374 e. The molecule has 2 aromatic heterocycles. The summed E-state index contributed by atoms with van der Waals surface area (Å²) in [5.74, 6) is -0.117. The first-order valence-corrected chi connectivity index (χ1v) is 10.9. The van der Waals surface area contributed by atoms with Crippen LogP contribution in [0.25, 0.3) is 22.0 Å². The fourth-order valence-electron chi connectivity index (χ4n) is 3.65. The number of benzene rings is 2. The maximum absolute atomic E-state index is 12.9. The van der Waals surface area contributed by atoms with Gasteiger partial charge in [-0.05, 0) is 36.8 Å². The standard InChI is InChI=1S/C24H25N3O5/c1-2-3-4-5-6-9-14-31-18-13-12-17-15-19(24(29)32-22(17)16-18)23(28)26-20-10-7-8-11-21(20)27(30)25-26/h7-8,10-13,15-16H,2-6,9,14H2,1H3. The zero-order valence-corrected chi connectivity index (χ0v) is 18.0. The van der Waals surface area contributed by atoms with E-state index in [0.29, 0.717) is 33.7 Å². The molecule has 2 heterocycles. The van der Waals surface area contributed by atoms with Crippen LogP contribution in [0.15, 0.2) is 57.7 Å². The summed E-state index contributed by atoms with van der Waals surface area (Å²) in [7, 11) is 0. The van der Waals surface area contributed by atoms with Crippen molar-refractivity contribution in [3.05, 3.63) is 69.7 Å². The number of carbonyl (C=O) groups is 1. The lowest BCUT2D eigenvalue weighted by atomic mass is 10.1. The maximum Gasteiger partial charge on any atom is 0.374 e. The Morgan fingerprint density at radius 3 is 2.72 bits per heavy atom. The first kappa shape index (κ1) is 21.5. The third kappa shape index (κ3) is 4.49. The van der Waals surface area contributed by atoms with Crippen LogP contribution in [0.2, 0.25) is 0 Å². The highest BCUT2D eigenvalue weighted by Crippen LogP contribution is 2.21. The van der Waals surface area contributed by atoms with Crippen LogP contribution in [0.1, 0.15) is 55.8 Å². The van der Waals surface area contributed by atoms with Crippen molar-refractivity contribution in [2.75, 3.05) is 6.61 Å². The summed E-state index contributed by atoms with van der Waals surface area (Å²) in [5, 5.41) is 16.2. The van der Waals surface area contributed by atoms with E-state index in [-0.39, 0.29) is 11.1 Å². The Balaban J connectivity index is 1.51. The molecule has 32 heavy (non-hydrogen) atoms. The largest absolute Gasteiger partial charge is 0.691 e. The average Bonchev–Trinajstić information content (AvgIpc) is 3.14. The number of unbranched alkanes of at least 4 members (excludes halogenated alkanes) is 5. The highest BCUT2D eigenvalue weighted by molar-refractivity contribution is 6.01. The minimum Gasteiger partial charge on any atom is -0.691 e. The second kappa shape index (κ2) is 9.64. The molecule has 0 bridgehead atoms. The molecule has 8 heteroatoms. The normalized spacial score (nSPS) is 11.3. The molecule has 0 aliphatic heterocycles. The Hall–Kier alpha value is -3.68. The predicted molar refractivity (Wildman–Crippen MR) is 120 cm³/mol. The van der Waals surface area contributed by atoms with Crippen LogP contribution in [0.4, 0.5) is 0 Å². The molecule has 0 aliphatic carbocycles. The molecule has 0 unspecified atom stereocenters. The molecule has 0 N–H and O–H groups in total. The Morgan fingerprint density at radius 2 is 1.88 bits per heavy atom. The second-order valence-corrected chi connectivity index (χ2v) is 7.73. The monoisotopic (exact) mass is 435 g/mol. The SMILES string of the molecule is CCCCCCCCOc1ccc2cc(C(=O)n3n[n+]([O-])c4ccccc43)c(=O)oc2c1. The van der Waals surface area contributed by atoms with Crippen molar-refractivity contribution in [3.63, 3.8) is 0 Å². The average molecular weight is 435 g/mol. The summed E-state index contributed by atoms with van der Waals surface area (Å²) in [4.78, 5) is 25.8. The van der Waals surface area contributed by atoms with Crippen molar-refractivity contribution >= 4 is 27.9 Å². The van der Waals surface area contributed by atoms with Gasteiger partial charge in [-0.2, -0.15) is 0 Å². The van der Waals surface area contributed by atoms with Crippen LogP contribution in [0.5, 0.6) is 5.75 Å². The minimum atomic E-state index is -0.799. The van der Waals surface area contributed by atoms with Crippen molar-refractivity contribution in [2.45, 2.75) is 45.4 Å². The number of aromatic nitrogens is 3. The van der Waals surface area contributed by atoms with Gasteiger partial charge < -0.3 is 14.4 Å². The third-order valence-corrected chi connectivity index (χ3v) is 5.38. The summed E-state index contributed by atoms with van der Waals surface area (Å²) in [6.45, 7) is 2.79. The molecule has 8 nitrogen and oxygen atoms in total. The second-order valence-electron chi connectivity index (χ2n) is 7.73. The van der Waals surface area contributed by atoms with Gasteiger partial charge in [-0.15, -0.1) is 4.85 Å². The molecule has 2 aromatic carbocycles. The first-order valence-electron chi connectivity index (χ1n) is 10.9. The summed E-state index contributed by atoms with van der Waals surface area (Å²) < 4.78 is 12.1. The molecule has 0 atom stereocenters. The van der Waals surface area contributed by atoms with E-state index in [1.54, 1.807) is 42.5 Å². The molecule has 0 radical (unpaired) electrons. The van der Waals surface area contributed by atoms with Crippen LogP contribution < -0.4 is 15.2 Å². The molecule has 4 rings (SSSR count). The fraction of sp³-hybridized carbons (Fsp3) is 0.333. The number of carbonyl (C=O) groups excluding carboxylic acids is 1. The van der Waals surface area contributed by atoms with Gasteiger partial charge in [-0.25, -0.2) is 9.59 Å². The van der Waals surface area contributed by atoms with E-state index < -0.39 is 11.5 Å². The fourth-order valence-corrected chi connectivity index (χ4v) is 3.65. The zero-order chi connectivity index (χ0) is 22.5. The van der Waals surface area contributed by atoms with Crippen molar-refractivity contribution in [1.29, 1.82) is 0 Å². The van der Waals surface area contributed by atoms with Gasteiger partial charge >= 0.3 is 11.5 Å². The number of fused-ring (bicyclic) bond motifs is 2. The topological polar surface area (TPSA) is 101 Å². The lowest BCUT2D eigenvalue weighted by molar-refractivity contribution is -0.645. The molecule has 4 aromatic rings. The lowest BCUT2D eigenvalue weighted by Crippen LogP contribution is -2.32. The van der Waals surface area contributed by atoms with E-state index in [9.17, 15) is 14.8 Å². The maximum atomic E-state index is 12.9. The number of rotatable bonds is 9. The molecule has 0 saturated carbocycles. The van der Waals surface area contributed by atoms with Gasteiger partial charge in [0.2, 0.25) is 11.0 Å². The van der Waals surface area contributed by atoms with Gasteiger partial charge in [0.1, 0.15) is 16.5 Å². The van der Waals surface area contributed by atoms with Gasteiger partial charge in [0, 0.05) is 11.5 Å². The summed E-state index contributed by atoms with van der Waals surface area (Å²) in [6.07, 6.45) is 7.04. The van der Waals surface area contributed by atoms with Crippen molar-refractivity contribution in [3.8, 4) is 5.75 Å². The molecular weight excluding hydrogens is 410 g/mol. The van der Waals surface area contributed by atoms with Gasteiger partial charge in [-0.3, -0.25) is 0 Å². The third-order valence-electron chi connectivity index (χ3n) is 5.38. The van der Waals surface area contributed by atoms with Gasteiger partial charge in [-0.1, -0.05) is 55.8 Å². The van der Waals surface area contributed by atoms with Gasteiger partial charge in [0.25, 0.3) is 0 Å². The van der Waals surface area contributed by atoms with E-state index in [0.717, 1.165) is 17.5 Å². The zero-order valence-electron chi connectivity index (χ0n) is 18.0.